The number of piperidine rings is 1. The Kier molecular flexibility index (Phi) is 4.38. The van der Waals surface area contributed by atoms with Gasteiger partial charge in [-0.3, -0.25) is 9.58 Å². The lowest BCUT2D eigenvalue weighted by Gasteiger charge is -2.31. The lowest BCUT2D eigenvalue weighted by molar-refractivity contribution is 0.144. The molecule has 3 aromatic rings. The first kappa shape index (κ1) is 15.1. The summed E-state index contributed by atoms with van der Waals surface area (Å²) >= 11 is 0. The van der Waals surface area contributed by atoms with E-state index in [1.54, 1.807) is 6.20 Å². The van der Waals surface area contributed by atoms with Crippen molar-refractivity contribution in [3.05, 3.63) is 54.7 Å². The van der Waals surface area contributed by atoms with Gasteiger partial charge in [0.1, 0.15) is 5.76 Å². The lowest BCUT2D eigenvalue weighted by atomic mass is 9.98. The first-order chi connectivity index (χ1) is 11.9. The van der Waals surface area contributed by atoms with Gasteiger partial charge in [-0.05, 0) is 37.4 Å². The highest BCUT2D eigenvalue weighted by Gasteiger charge is 2.21. The van der Waals surface area contributed by atoms with Crippen molar-refractivity contribution in [2.45, 2.75) is 25.9 Å². The number of aromatic nitrogens is 4. The van der Waals surface area contributed by atoms with Gasteiger partial charge in [0.15, 0.2) is 0 Å². The van der Waals surface area contributed by atoms with Crippen LogP contribution < -0.4 is 0 Å². The van der Waals surface area contributed by atoms with Crippen molar-refractivity contribution >= 4 is 0 Å². The maximum Gasteiger partial charge on any atom is 0.226 e. The van der Waals surface area contributed by atoms with E-state index in [1.165, 1.54) is 12.8 Å². The average molecular weight is 323 g/mol. The van der Waals surface area contributed by atoms with E-state index in [0.29, 0.717) is 11.8 Å². The molecular formula is C18H21N5O. The fraction of sp³-hybridized carbons (Fsp3) is 0.389. The van der Waals surface area contributed by atoms with Crippen LogP contribution in [0.1, 0.15) is 18.6 Å². The van der Waals surface area contributed by atoms with Gasteiger partial charge in [-0.2, -0.15) is 0 Å². The van der Waals surface area contributed by atoms with E-state index in [-0.39, 0.29) is 0 Å². The van der Waals surface area contributed by atoms with Crippen molar-refractivity contribution in [2.24, 2.45) is 5.92 Å². The van der Waals surface area contributed by atoms with Gasteiger partial charge in [0.25, 0.3) is 0 Å². The highest BCUT2D eigenvalue weighted by Crippen LogP contribution is 2.22. The Labute approximate surface area is 141 Å². The summed E-state index contributed by atoms with van der Waals surface area (Å²) in [6.07, 6.45) is 7.96. The molecule has 1 aromatic carbocycles. The van der Waals surface area contributed by atoms with Crippen LogP contribution in [-0.2, 0) is 13.1 Å². The molecule has 0 aliphatic carbocycles. The van der Waals surface area contributed by atoms with Crippen LogP contribution in [0.15, 0.2) is 53.3 Å². The third kappa shape index (κ3) is 3.54. The minimum absolute atomic E-state index is 0.608. The molecule has 6 nitrogen and oxygen atoms in total. The number of nitrogens with zero attached hydrogens (tertiary/aromatic N) is 5. The molecule has 3 heterocycles. The predicted molar refractivity (Wildman–Crippen MR) is 90.0 cm³/mol. The number of likely N-dealkylation sites (tertiary alicyclic amines) is 1. The molecular weight excluding hydrogens is 302 g/mol. The number of hydrogen-bond acceptors (Lipinski definition) is 5. The van der Waals surface area contributed by atoms with Crippen LogP contribution in [0.25, 0.3) is 11.5 Å². The molecule has 1 aliphatic rings. The molecule has 124 valence electrons. The quantitative estimate of drug-likeness (QED) is 0.722. The molecule has 1 unspecified atom stereocenters. The van der Waals surface area contributed by atoms with E-state index in [0.717, 1.165) is 37.5 Å². The first-order valence-corrected chi connectivity index (χ1v) is 8.43. The average Bonchev–Trinajstić information content (AvgIpc) is 3.28. The summed E-state index contributed by atoms with van der Waals surface area (Å²) in [5.74, 6) is 2.23. The van der Waals surface area contributed by atoms with Crippen LogP contribution in [0, 0.1) is 5.92 Å². The van der Waals surface area contributed by atoms with Crippen LogP contribution in [0.5, 0.6) is 0 Å². The van der Waals surface area contributed by atoms with E-state index in [9.17, 15) is 0 Å². The monoisotopic (exact) mass is 323 g/mol. The standard InChI is InChI=1S/C18H21N5O/c1-2-6-16(7-3-1)18-19-11-17(24-18)14-22-9-4-5-15(12-22)13-23-10-8-20-21-23/h1-3,6-8,10-11,15H,4-5,9,12-14H2. The molecule has 6 heteroatoms. The van der Waals surface area contributed by atoms with Crippen molar-refractivity contribution in [3.63, 3.8) is 0 Å². The predicted octanol–water partition coefficient (Wildman–Crippen LogP) is 2.85. The van der Waals surface area contributed by atoms with Crippen molar-refractivity contribution in [3.8, 4) is 11.5 Å². The van der Waals surface area contributed by atoms with Gasteiger partial charge >= 0.3 is 0 Å². The molecule has 2 aromatic heterocycles. The Balaban J connectivity index is 1.37. The molecule has 1 fully saturated rings. The third-order valence-corrected chi connectivity index (χ3v) is 4.47. The summed E-state index contributed by atoms with van der Waals surface area (Å²) < 4.78 is 7.86. The maximum atomic E-state index is 5.93. The second-order valence-electron chi connectivity index (χ2n) is 6.37. The van der Waals surface area contributed by atoms with Gasteiger partial charge in [0.05, 0.1) is 18.9 Å². The Morgan fingerprint density at radius 1 is 1.21 bits per heavy atom. The molecule has 0 spiro atoms. The summed E-state index contributed by atoms with van der Waals surface area (Å²) in [4.78, 5) is 6.86. The Morgan fingerprint density at radius 2 is 2.12 bits per heavy atom. The minimum Gasteiger partial charge on any atom is -0.440 e. The second kappa shape index (κ2) is 6.97. The molecule has 0 bridgehead atoms. The second-order valence-corrected chi connectivity index (χ2v) is 6.37. The van der Waals surface area contributed by atoms with E-state index >= 15 is 0 Å². The SMILES string of the molecule is c1ccc(-c2ncc(CN3CCCC(Cn4ccnn4)C3)o2)cc1. The molecule has 0 N–H and O–H groups in total. The van der Waals surface area contributed by atoms with E-state index in [2.05, 4.69) is 20.2 Å². The van der Waals surface area contributed by atoms with E-state index in [1.807, 2.05) is 47.4 Å². The molecule has 1 atom stereocenters. The van der Waals surface area contributed by atoms with E-state index < -0.39 is 0 Å². The van der Waals surface area contributed by atoms with Crippen LogP contribution in [0.4, 0.5) is 0 Å². The lowest BCUT2D eigenvalue weighted by Crippen LogP contribution is -2.36. The van der Waals surface area contributed by atoms with Gasteiger partial charge in [0, 0.05) is 24.8 Å². The van der Waals surface area contributed by atoms with Gasteiger partial charge < -0.3 is 4.42 Å². The normalized spacial score (nSPS) is 18.8. The highest BCUT2D eigenvalue weighted by atomic mass is 16.4. The van der Waals surface area contributed by atoms with Gasteiger partial charge in [-0.1, -0.05) is 23.4 Å². The zero-order valence-corrected chi connectivity index (χ0v) is 13.6. The summed E-state index contributed by atoms with van der Waals surface area (Å²) in [6, 6.07) is 10.0. The summed E-state index contributed by atoms with van der Waals surface area (Å²) in [7, 11) is 0. The van der Waals surface area contributed by atoms with Crippen molar-refractivity contribution in [2.75, 3.05) is 13.1 Å². The van der Waals surface area contributed by atoms with Crippen molar-refractivity contribution in [1.29, 1.82) is 0 Å². The number of benzene rings is 1. The molecule has 1 aliphatic heterocycles. The molecule has 24 heavy (non-hydrogen) atoms. The van der Waals surface area contributed by atoms with E-state index in [4.69, 9.17) is 4.42 Å². The smallest absolute Gasteiger partial charge is 0.226 e. The summed E-state index contributed by atoms with van der Waals surface area (Å²) in [5, 5.41) is 7.96. The molecule has 1 saturated heterocycles. The van der Waals surface area contributed by atoms with Crippen molar-refractivity contribution < 1.29 is 4.42 Å². The fourth-order valence-corrected chi connectivity index (χ4v) is 3.35. The topological polar surface area (TPSA) is 60.0 Å². The first-order valence-electron chi connectivity index (χ1n) is 8.43. The van der Waals surface area contributed by atoms with Gasteiger partial charge in [-0.25, -0.2) is 4.98 Å². The van der Waals surface area contributed by atoms with Crippen LogP contribution in [0.2, 0.25) is 0 Å². The third-order valence-electron chi connectivity index (χ3n) is 4.47. The maximum absolute atomic E-state index is 5.93. The molecule has 4 rings (SSSR count). The van der Waals surface area contributed by atoms with Crippen LogP contribution in [-0.4, -0.2) is 38.0 Å². The zero-order chi connectivity index (χ0) is 16.2. The minimum atomic E-state index is 0.608. The molecule has 0 amide bonds. The summed E-state index contributed by atoms with van der Waals surface area (Å²) in [6.45, 7) is 3.91. The largest absolute Gasteiger partial charge is 0.440 e. The number of hydrogen-bond donors (Lipinski definition) is 0. The Morgan fingerprint density at radius 3 is 2.96 bits per heavy atom. The fourth-order valence-electron chi connectivity index (χ4n) is 3.35. The molecule has 0 saturated carbocycles. The Bertz CT molecular complexity index is 753. The molecule has 0 radical (unpaired) electrons. The number of oxazole rings is 1. The van der Waals surface area contributed by atoms with Crippen LogP contribution >= 0.6 is 0 Å². The van der Waals surface area contributed by atoms with Crippen LogP contribution in [0.3, 0.4) is 0 Å². The highest BCUT2D eigenvalue weighted by molar-refractivity contribution is 5.52. The number of rotatable bonds is 5. The zero-order valence-electron chi connectivity index (χ0n) is 13.6. The van der Waals surface area contributed by atoms with Gasteiger partial charge in [-0.15, -0.1) is 5.10 Å². The van der Waals surface area contributed by atoms with Crippen molar-refractivity contribution in [1.82, 2.24) is 24.9 Å². The Hall–Kier alpha value is -2.47. The summed E-state index contributed by atoms with van der Waals surface area (Å²) in [5.41, 5.74) is 1.02. The van der Waals surface area contributed by atoms with Gasteiger partial charge in [0.2, 0.25) is 5.89 Å².